The number of aldehydes is 1. The Labute approximate surface area is 98.6 Å². The van der Waals surface area contributed by atoms with Crippen LogP contribution in [-0.2, 0) is 4.74 Å². The van der Waals surface area contributed by atoms with Crippen LogP contribution in [0.25, 0.3) is 5.52 Å². The number of fused-ring (bicyclic) bond motifs is 1. The molecule has 1 aliphatic heterocycles. The van der Waals surface area contributed by atoms with Crippen LogP contribution in [0, 0.1) is 0 Å². The molecule has 0 aromatic carbocycles. The number of rotatable bonds is 2. The molecule has 3 heterocycles. The molecule has 1 saturated heterocycles. The lowest BCUT2D eigenvalue weighted by atomic mass is 10.3. The van der Waals surface area contributed by atoms with Crippen molar-refractivity contribution in [2.24, 2.45) is 0 Å². The second-order valence-corrected chi connectivity index (χ2v) is 4.01. The van der Waals surface area contributed by atoms with Gasteiger partial charge in [-0.05, 0) is 12.1 Å². The summed E-state index contributed by atoms with van der Waals surface area (Å²) in [6, 6.07) is 4.05. The van der Waals surface area contributed by atoms with Crippen LogP contribution in [0.5, 0.6) is 0 Å². The standard InChI is InChI=1S/C12H13N3O2/c16-9-12-13-8-11-7-10(1-2-15(11)12)14-3-5-17-6-4-14/h1-2,7-9H,3-6H2. The molecular formula is C12H13N3O2. The molecule has 17 heavy (non-hydrogen) atoms. The molecule has 0 aliphatic carbocycles. The summed E-state index contributed by atoms with van der Waals surface area (Å²) in [6.07, 6.45) is 4.37. The third-order valence-electron chi connectivity index (χ3n) is 3.03. The molecule has 0 amide bonds. The van der Waals surface area contributed by atoms with Crippen LogP contribution in [0.4, 0.5) is 5.69 Å². The van der Waals surface area contributed by atoms with Crippen molar-refractivity contribution in [2.45, 2.75) is 0 Å². The molecule has 88 valence electrons. The third kappa shape index (κ3) is 1.78. The number of pyridine rings is 1. The highest BCUT2D eigenvalue weighted by Crippen LogP contribution is 2.18. The van der Waals surface area contributed by atoms with Gasteiger partial charge in [0.15, 0.2) is 12.1 Å². The molecule has 0 unspecified atom stereocenters. The molecule has 0 bridgehead atoms. The van der Waals surface area contributed by atoms with Crippen molar-refractivity contribution in [3.8, 4) is 0 Å². The van der Waals surface area contributed by atoms with Crippen LogP contribution in [0.3, 0.4) is 0 Å². The Balaban J connectivity index is 1.98. The number of carbonyl (C=O) groups is 1. The largest absolute Gasteiger partial charge is 0.378 e. The molecule has 2 aromatic heterocycles. The third-order valence-corrected chi connectivity index (χ3v) is 3.03. The van der Waals surface area contributed by atoms with E-state index in [4.69, 9.17) is 4.74 Å². The molecule has 3 rings (SSSR count). The number of ether oxygens (including phenoxy) is 1. The summed E-state index contributed by atoms with van der Waals surface area (Å²) in [4.78, 5) is 17.1. The Hall–Kier alpha value is -1.88. The van der Waals surface area contributed by atoms with Crippen LogP contribution in [0.15, 0.2) is 24.5 Å². The van der Waals surface area contributed by atoms with Crippen molar-refractivity contribution < 1.29 is 9.53 Å². The van der Waals surface area contributed by atoms with E-state index in [9.17, 15) is 4.79 Å². The van der Waals surface area contributed by atoms with E-state index in [-0.39, 0.29) is 0 Å². The number of morpholine rings is 1. The topological polar surface area (TPSA) is 46.8 Å². The molecule has 0 saturated carbocycles. The summed E-state index contributed by atoms with van der Waals surface area (Å²) < 4.78 is 7.11. The molecular weight excluding hydrogens is 218 g/mol. The van der Waals surface area contributed by atoms with E-state index in [1.54, 1.807) is 10.6 Å². The van der Waals surface area contributed by atoms with Gasteiger partial charge in [-0.3, -0.25) is 9.20 Å². The van der Waals surface area contributed by atoms with Gasteiger partial charge in [0, 0.05) is 25.0 Å². The van der Waals surface area contributed by atoms with Gasteiger partial charge in [0.1, 0.15) is 0 Å². The molecule has 1 aliphatic rings. The van der Waals surface area contributed by atoms with E-state index in [0.717, 1.165) is 43.8 Å². The zero-order valence-electron chi connectivity index (χ0n) is 9.37. The fraction of sp³-hybridized carbons (Fsp3) is 0.333. The molecule has 5 heteroatoms. The Bertz CT molecular complexity index is 544. The van der Waals surface area contributed by atoms with Crippen molar-refractivity contribution in [3.05, 3.63) is 30.4 Å². The normalized spacial score (nSPS) is 16.4. The van der Waals surface area contributed by atoms with Gasteiger partial charge in [-0.2, -0.15) is 0 Å². The zero-order valence-corrected chi connectivity index (χ0v) is 9.37. The average molecular weight is 231 g/mol. The van der Waals surface area contributed by atoms with Crippen molar-refractivity contribution in [1.29, 1.82) is 0 Å². The first-order valence-corrected chi connectivity index (χ1v) is 5.63. The lowest BCUT2D eigenvalue weighted by molar-refractivity contribution is 0.111. The van der Waals surface area contributed by atoms with E-state index < -0.39 is 0 Å². The predicted octanol–water partition coefficient (Wildman–Crippen LogP) is 0.983. The number of hydrogen-bond acceptors (Lipinski definition) is 4. The first kappa shape index (κ1) is 10.3. The molecule has 2 aromatic rings. The van der Waals surface area contributed by atoms with Crippen LogP contribution in [-0.4, -0.2) is 42.0 Å². The average Bonchev–Trinajstić information content (AvgIpc) is 2.81. The molecule has 1 fully saturated rings. The fourth-order valence-corrected chi connectivity index (χ4v) is 2.11. The van der Waals surface area contributed by atoms with Crippen molar-refractivity contribution in [1.82, 2.24) is 9.38 Å². The van der Waals surface area contributed by atoms with Crippen LogP contribution in [0.2, 0.25) is 0 Å². The highest BCUT2D eigenvalue weighted by Gasteiger charge is 2.12. The van der Waals surface area contributed by atoms with Crippen LogP contribution in [0.1, 0.15) is 10.6 Å². The van der Waals surface area contributed by atoms with Crippen molar-refractivity contribution in [2.75, 3.05) is 31.2 Å². The van der Waals surface area contributed by atoms with Crippen molar-refractivity contribution in [3.63, 3.8) is 0 Å². The second-order valence-electron chi connectivity index (χ2n) is 4.01. The minimum absolute atomic E-state index is 0.438. The van der Waals surface area contributed by atoms with Gasteiger partial charge in [0.25, 0.3) is 0 Å². The van der Waals surface area contributed by atoms with E-state index in [1.165, 1.54) is 0 Å². The number of carbonyl (C=O) groups excluding carboxylic acids is 1. The Morgan fingerprint density at radius 2 is 2.18 bits per heavy atom. The van der Waals surface area contributed by atoms with Gasteiger partial charge in [0.05, 0.1) is 24.9 Å². The number of imidazole rings is 1. The Kier molecular flexibility index (Phi) is 2.53. The smallest absolute Gasteiger partial charge is 0.185 e. The molecule has 0 radical (unpaired) electrons. The van der Waals surface area contributed by atoms with Gasteiger partial charge in [-0.25, -0.2) is 4.98 Å². The van der Waals surface area contributed by atoms with E-state index in [0.29, 0.717) is 5.82 Å². The first-order chi connectivity index (χ1) is 8.38. The van der Waals surface area contributed by atoms with E-state index in [2.05, 4.69) is 9.88 Å². The SMILES string of the molecule is O=Cc1ncc2cc(N3CCOCC3)ccn12. The molecule has 0 atom stereocenters. The van der Waals surface area contributed by atoms with Crippen molar-refractivity contribution >= 4 is 17.5 Å². The molecule has 5 nitrogen and oxygen atoms in total. The second kappa shape index (κ2) is 4.18. The highest BCUT2D eigenvalue weighted by molar-refractivity contribution is 5.73. The monoisotopic (exact) mass is 231 g/mol. The quantitative estimate of drug-likeness (QED) is 0.723. The minimum atomic E-state index is 0.438. The van der Waals surface area contributed by atoms with E-state index >= 15 is 0 Å². The maximum atomic E-state index is 10.8. The summed E-state index contributed by atoms with van der Waals surface area (Å²) >= 11 is 0. The van der Waals surface area contributed by atoms with Gasteiger partial charge in [-0.1, -0.05) is 0 Å². The summed E-state index contributed by atoms with van der Waals surface area (Å²) in [5.74, 6) is 0.438. The summed E-state index contributed by atoms with van der Waals surface area (Å²) in [7, 11) is 0. The Morgan fingerprint density at radius 1 is 1.35 bits per heavy atom. The van der Waals surface area contributed by atoms with E-state index in [1.807, 2.05) is 18.3 Å². The summed E-state index contributed by atoms with van der Waals surface area (Å²) in [6.45, 7) is 3.35. The first-order valence-electron chi connectivity index (χ1n) is 5.63. The zero-order chi connectivity index (χ0) is 11.7. The lowest BCUT2D eigenvalue weighted by Gasteiger charge is -2.28. The minimum Gasteiger partial charge on any atom is -0.378 e. The summed E-state index contributed by atoms with van der Waals surface area (Å²) in [5.41, 5.74) is 2.09. The van der Waals surface area contributed by atoms with Gasteiger partial charge in [-0.15, -0.1) is 0 Å². The highest BCUT2D eigenvalue weighted by atomic mass is 16.5. The maximum absolute atomic E-state index is 10.8. The van der Waals surface area contributed by atoms with Gasteiger partial charge in [0.2, 0.25) is 0 Å². The number of aromatic nitrogens is 2. The maximum Gasteiger partial charge on any atom is 0.185 e. The number of nitrogens with zero attached hydrogens (tertiary/aromatic N) is 3. The van der Waals surface area contributed by atoms with Gasteiger partial charge >= 0.3 is 0 Å². The number of anilines is 1. The molecule has 0 N–H and O–H groups in total. The van der Waals surface area contributed by atoms with Crippen LogP contribution >= 0.6 is 0 Å². The summed E-state index contributed by atoms with van der Waals surface area (Å²) in [5, 5.41) is 0. The predicted molar refractivity (Wildman–Crippen MR) is 63.6 cm³/mol. The lowest BCUT2D eigenvalue weighted by Crippen LogP contribution is -2.36. The van der Waals surface area contributed by atoms with Gasteiger partial charge < -0.3 is 9.64 Å². The Morgan fingerprint density at radius 3 is 2.94 bits per heavy atom. The van der Waals surface area contributed by atoms with Crippen LogP contribution < -0.4 is 4.90 Å². The fourth-order valence-electron chi connectivity index (χ4n) is 2.11. The number of hydrogen-bond donors (Lipinski definition) is 0. The molecule has 0 spiro atoms.